The Hall–Kier alpha value is -5.10. The predicted molar refractivity (Wildman–Crippen MR) is 97.8 cm³/mol. The molecule has 0 unspecified atom stereocenters. The van der Waals surface area contributed by atoms with Crippen LogP contribution < -0.4 is 9.47 Å². The van der Waals surface area contributed by atoms with E-state index in [4.69, 9.17) is 20.0 Å². The van der Waals surface area contributed by atoms with Crippen molar-refractivity contribution in [2.75, 3.05) is 0 Å². The predicted octanol–water partition coefficient (Wildman–Crippen LogP) is 3.62. The standard InChI is InChI=1S/C18H8N6O6/c19-9-15-16(10-20)22-18(30-14-7-3-12(4-8-14)24(27)28)17(21-15)29-13-5-1-11(2-6-13)23(25)26/h1-8H. The van der Waals surface area contributed by atoms with Crippen molar-refractivity contribution < 1.29 is 19.3 Å². The molecule has 0 radical (unpaired) electrons. The molecule has 0 aliphatic carbocycles. The third-order valence-electron chi connectivity index (χ3n) is 3.57. The van der Waals surface area contributed by atoms with Gasteiger partial charge in [-0.1, -0.05) is 0 Å². The summed E-state index contributed by atoms with van der Waals surface area (Å²) in [5, 5.41) is 39.8. The van der Waals surface area contributed by atoms with Gasteiger partial charge in [0, 0.05) is 24.3 Å². The number of non-ortho nitro benzene ring substituents is 2. The highest BCUT2D eigenvalue weighted by molar-refractivity contribution is 5.46. The van der Waals surface area contributed by atoms with Crippen molar-refractivity contribution in [3.63, 3.8) is 0 Å². The molecule has 0 atom stereocenters. The first kappa shape index (κ1) is 19.7. The van der Waals surface area contributed by atoms with E-state index in [0.717, 1.165) is 0 Å². The van der Waals surface area contributed by atoms with Crippen molar-refractivity contribution in [2.45, 2.75) is 0 Å². The molecule has 1 aromatic heterocycles. The Bertz CT molecular complexity index is 1120. The third-order valence-corrected chi connectivity index (χ3v) is 3.57. The zero-order chi connectivity index (χ0) is 21.7. The van der Waals surface area contributed by atoms with Crippen LogP contribution in [-0.2, 0) is 0 Å². The lowest BCUT2D eigenvalue weighted by Gasteiger charge is -2.11. The van der Waals surface area contributed by atoms with E-state index < -0.39 is 9.85 Å². The van der Waals surface area contributed by atoms with E-state index in [1.54, 1.807) is 12.1 Å². The SMILES string of the molecule is N#Cc1nc(Oc2ccc([N+](=O)[O-])cc2)c(Oc2ccc([N+](=O)[O-])cc2)nc1C#N. The first-order valence-electron chi connectivity index (χ1n) is 7.98. The van der Waals surface area contributed by atoms with Crippen LogP contribution in [0, 0.1) is 42.9 Å². The quantitative estimate of drug-likeness (QED) is 0.435. The van der Waals surface area contributed by atoms with E-state index >= 15 is 0 Å². The van der Waals surface area contributed by atoms with Gasteiger partial charge in [0.15, 0.2) is 11.4 Å². The number of benzene rings is 2. The fourth-order valence-corrected chi connectivity index (χ4v) is 2.19. The molecule has 146 valence electrons. The fraction of sp³-hybridized carbons (Fsp3) is 0. The van der Waals surface area contributed by atoms with E-state index in [1.165, 1.54) is 48.5 Å². The smallest absolute Gasteiger partial charge is 0.285 e. The van der Waals surface area contributed by atoms with Gasteiger partial charge in [-0.15, -0.1) is 0 Å². The molecule has 0 aliphatic heterocycles. The van der Waals surface area contributed by atoms with Gasteiger partial charge in [0.05, 0.1) is 9.85 Å². The van der Waals surface area contributed by atoms with Crippen LogP contribution >= 0.6 is 0 Å². The Balaban J connectivity index is 1.98. The zero-order valence-corrected chi connectivity index (χ0v) is 14.8. The van der Waals surface area contributed by atoms with E-state index in [0.29, 0.717) is 0 Å². The minimum Gasteiger partial charge on any atom is -0.435 e. The minimum absolute atomic E-state index is 0.136. The number of nitrogens with zero attached hydrogens (tertiary/aromatic N) is 6. The average molecular weight is 404 g/mol. The first-order chi connectivity index (χ1) is 14.4. The van der Waals surface area contributed by atoms with Gasteiger partial charge in [-0.3, -0.25) is 20.2 Å². The second-order valence-electron chi connectivity index (χ2n) is 5.46. The molecule has 12 heteroatoms. The molecule has 3 aromatic rings. The lowest BCUT2D eigenvalue weighted by Crippen LogP contribution is -2.02. The summed E-state index contributed by atoms with van der Waals surface area (Å²) < 4.78 is 11.1. The topological polar surface area (TPSA) is 178 Å². The maximum absolute atomic E-state index is 10.8. The molecular weight excluding hydrogens is 396 g/mol. The molecule has 1 heterocycles. The summed E-state index contributed by atoms with van der Waals surface area (Å²) in [5.41, 5.74) is -0.947. The lowest BCUT2D eigenvalue weighted by molar-refractivity contribution is -0.385. The molecule has 0 spiro atoms. The van der Waals surface area contributed by atoms with Gasteiger partial charge in [-0.25, -0.2) is 0 Å². The van der Waals surface area contributed by atoms with Crippen molar-refractivity contribution in [1.29, 1.82) is 10.5 Å². The summed E-state index contributed by atoms with van der Waals surface area (Å²) in [6.07, 6.45) is 0. The van der Waals surface area contributed by atoms with E-state index in [2.05, 4.69) is 9.97 Å². The molecule has 0 saturated heterocycles. The first-order valence-corrected chi connectivity index (χ1v) is 7.98. The van der Waals surface area contributed by atoms with Crippen molar-refractivity contribution in [3.8, 4) is 35.4 Å². The molecule has 30 heavy (non-hydrogen) atoms. The Labute approximate surface area is 167 Å². The highest BCUT2D eigenvalue weighted by atomic mass is 16.6. The van der Waals surface area contributed by atoms with Crippen molar-refractivity contribution >= 4 is 11.4 Å². The number of aromatic nitrogens is 2. The van der Waals surface area contributed by atoms with Gasteiger partial charge in [0.2, 0.25) is 0 Å². The maximum atomic E-state index is 10.8. The summed E-state index contributed by atoms with van der Waals surface area (Å²) in [4.78, 5) is 28.2. The van der Waals surface area contributed by atoms with E-state index in [9.17, 15) is 20.2 Å². The normalized spacial score (nSPS) is 9.80. The van der Waals surface area contributed by atoms with Gasteiger partial charge >= 0.3 is 0 Å². The summed E-state index contributed by atoms with van der Waals surface area (Å²) in [6, 6.07) is 13.5. The van der Waals surface area contributed by atoms with Gasteiger partial charge in [-0.05, 0) is 24.3 Å². The van der Waals surface area contributed by atoms with Crippen LogP contribution in [-0.4, -0.2) is 19.8 Å². The molecule has 0 bridgehead atoms. The van der Waals surface area contributed by atoms with Crippen LogP contribution in [0.5, 0.6) is 23.3 Å². The van der Waals surface area contributed by atoms with Gasteiger partial charge < -0.3 is 9.47 Å². The largest absolute Gasteiger partial charge is 0.435 e. The number of rotatable bonds is 6. The van der Waals surface area contributed by atoms with Crippen LogP contribution in [0.4, 0.5) is 11.4 Å². The summed E-state index contributed by atoms with van der Waals surface area (Å²) in [5.74, 6) is -0.287. The molecule has 3 rings (SSSR count). The van der Waals surface area contributed by atoms with E-state index in [1.807, 2.05) is 0 Å². The average Bonchev–Trinajstić information content (AvgIpc) is 2.75. The van der Waals surface area contributed by atoms with Crippen molar-refractivity contribution in [1.82, 2.24) is 9.97 Å². The Morgan fingerprint density at radius 2 is 1.03 bits per heavy atom. The second-order valence-corrected chi connectivity index (χ2v) is 5.46. The van der Waals surface area contributed by atoms with E-state index in [-0.39, 0.29) is 46.0 Å². The molecule has 0 fully saturated rings. The lowest BCUT2D eigenvalue weighted by atomic mass is 10.3. The molecule has 12 nitrogen and oxygen atoms in total. The van der Waals surface area contributed by atoms with Gasteiger partial charge in [0.1, 0.15) is 23.6 Å². The molecule has 0 N–H and O–H groups in total. The number of nitro benzene ring substituents is 2. The summed E-state index contributed by atoms with van der Waals surface area (Å²) in [6.45, 7) is 0. The highest BCUT2D eigenvalue weighted by Gasteiger charge is 2.19. The molecular formula is C18H8N6O6. The highest BCUT2D eigenvalue weighted by Crippen LogP contribution is 2.33. The third kappa shape index (κ3) is 4.24. The second kappa shape index (κ2) is 8.28. The van der Waals surface area contributed by atoms with Crippen LogP contribution in [0.1, 0.15) is 11.4 Å². The van der Waals surface area contributed by atoms with Crippen LogP contribution in [0.2, 0.25) is 0 Å². The van der Waals surface area contributed by atoms with Crippen molar-refractivity contribution in [3.05, 3.63) is 80.1 Å². The molecule has 0 amide bonds. The monoisotopic (exact) mass is 404 g/mol. The van der Waals surface area contributed by atoms with Crippen LogP contribution in [0.3, 0.4) is 0 Å². The van der Waals surface area contributed by atoms with Gasteiger partial charge in [-0.2, -0.15) is 20.5 Å². The fourth-order valence-electron chi connectivity index (χ4n) is 2.19. The number of nitriles is 2. The molecule has 0 saturated carbocycles. The minimum atomic E-state index is -0.581. The van der Waals surface area contributed by atoms with Crippen LogP contribution in [0.25, 0.3) is 0 Å². The van der Waals surface area contributed by atoms with Crippen molar-refractivity contribution in [2.24, 2.45) is 0 Å². The molecule has 2 aromatic carbocycles. The molecule has 0 aliphatic rings. The number of hydrogen-bond donors (Lipinski definition) is 0. The summed E-state index contributed by atoms with van der Waals surface area (Å²) >= 11 is 0. The number of ether oxygens (including phenoxy) is 2. The summed E-state index contributed by atoms with van der Waals surface area (Å²) in [7, 11) is 0. The Kier molecular flexibility index (Phi) is 5.43. The maximum Gasteiger partial charge on any atom is 0.285 e. The number of nitro groups is 2. The zero-order valence-electron chi connectivity index (χ0n) is 14.8. The van der Waals surface area contributed by atoms with Gasteiger partial charge in [0.25, 0.3) is 23.1 Å². The Morgan fingerprint density at radius 3 is 1.30 bits per heavy atom. The number of hydrogen-bond acceptors (Lipinski definition) is 10. The van der Waals surface area contributed by atoms with Crippen LogP contribution in [0.15, 0.2) is 48.5 Å². The Morgan fingerprint density at radius 1 is 0.700 bits per heavy atom.